The van der Waals surface area contributed by atoms with Gasteiger partial charge >= 0.3 is 0 Å². The van der Waals surface area contributed by atoms with E-state index in [0.717, 1.165) is 5.56 Å². The van der Waals surface area contributed by atoms with E-state index in [1.807, 2.05) is 12.1 Å². The van der Waals surface area contributed by atoms with Crippen LogP contribution in [0.15, 0.2) is 29.6 Å². The maximum absolute atomic E-state index is 12.9. The molecule has 1 aliphatic carbocycles. The molecule has 154 valence electrons. The van der Waals surface area contributed by atoms with Crippen LogP contribution in [-0.4, -0.2) is 70.6 Å². The molecule has 0 spiro atoms. The zero-order chi connectivity index (χ0) is 20.2. The van der Waals surface area contributed by atoms with Gasteiger partial charge in [-0.3, -0.25) is 19.4 Å². The van der Waals surface area contributed by atoms with Gasteiger partial charge in [0.2, 0.25) is 11.8 Å². The smallest absolute Gasteiger partial charge is 0.270 e. The summed E-state index contributed by atoms with van der Waals surface area (Å²) in [7, 11) is 0. The summed E-state index contributed by atoms with van der Waals surface area (Å²) in [4.78, 5) is 44.5. The summed E-state index contributed by atoms with van der Waals surface area (Å²) in [5.74, 6) is -0.0774. The molecule has 1 saturated carbocycles. The summed E-state index contributed by atoms with van der Waals surface area (Å²) in [5, 5.41) is 3.89. The van der Waals surface area contributed by atoms with E-state index in [1.165, 1.54) is 17.7 Å². The Morgan fingerprint density at radius 2 is 2.10 bits per heavy atom. The third-order valence-electron chi connectivity index (χ3n) is 5.33. The maximum atomic E-state index is 12.9. The van der Waals surface area contributed by atoms with Gasteiger partial charge in [0.05, 0.1) is 6.10 Å². The molecule has 4 rings (SSSR count). The average molecular weight is 399 g/mol. The zero-order valence-corrected chi connectivity index (χ0v) is 16.2. The van der Waals surface area contributed by atoms with E-state index in [2.05, 4.69) is 15.5 Å². The van der Waals surface area contributed by atoms with Crippen LogP contribution in [0.1, 0.15) is 31.2 Å². The number of nitrogens with one attached hydrogen (secondary N) is 1. The summed E-state index contributed by atoms with van der Waals surface area (Å²) < 4.78 is 6.07. The van der Waals surface area contributed by atoms with Crippen LogP contribution >= 0.6 is 0 Å². The number of rotatable bonds is 6. The van der Waals surface area contributed by atoms with Gasteiger partial charge in [-0.2, -0.15) is 5.10 Å². The second kappa shape index (κ2) is 8.69. The number of hydrazone groups is 1. The van der Waals surface area contributed by atoms with Crippen LogP contribution in [0.2, 0.25) is 0 Å². The summed E-state index contributed by atoms with van der Waals surface area (Å²) in [6.07, 6.45) is 6.01. The first-order chi connectivity index (χ1) is 14.1. The lowest BCUT2D eigenvalue weighted by Gasteiger charge is -2.25. The van der Waals surface area contributed by atoms with Crippen LogP contribution in [0, 0.1) is 5.92 Å². The highest BCUT2D eigenvalue weighted by Crippen LogP contribution is 2.29. The first kappa shape index (κ1) is 19.5. The molecule has 0 aromatic carbocycles. The van der Waals surface area contributed by atoms with Crippen molar-refractivity contribution in [2.75, 3.05) is 26.2 Å². The molecule has 1 saturated heterocycles. The largest absolute Gasteiger partial charge is 0.374 e. The lowest BCUT2D eigenvalue weighted by molar-refractivity contribution is -0.136. The van der Waals surface area contributed by atoms with Gasteiger partial charge in [-0.05, 0) is 30.4 Å². The first-order valence-electron chi connectivity index (χ1n) is 10.0. The van der Waals surface area contributed by atoms with Crippen LogP contribution in [0.4, 0.5) is 0 Å². The SMILES string of the molecule is O=C1CCC(C(=O)N2CC(=O)N(Cc3cccnc3)CC(OCC3CC3)C2)=NN1. The van der Waals surface area contributed by atoms with E-state index in [0.29, 0.717) is 32.2 Å². The summed E-state index contributed by atoms with van der Waals surface area (Å²) >= 11 is 0. The van der Waals surface area contributed by atoms with Gasteiger partial charge in [0.1, 0.15) is 12.3 Å². The topological polar surface area (TPSA) is 104 Å². The third kappa shape index (κ3) is 5.17. The Bertz CT molecular complexity index is 808. The Morgan fingerprint density at radius 3 is 2.79 bits per heavy atom. The van der Waals surface area contributed by atoms with Crippen LogP contribution in [0.3, 0.4) is 0 Å². The van der Waals surface area contributed by atoms with Gasteiger partial charge in [-0.15, -0.1) is 0 Å². The Morgan fingerprint density at radius 1 is 1.24 bits per heavy atom. The molecule has 29 heavy (non-hydrogen) atoms. The lowest BCUT2D eigenvalue weighted by atomic mass is 10.1. The fourth-order valence-electron chi connectivity index (χ4n) is 3.47. The molecule has 2 aliphatic heterocycles. The van der Waals surface area contributed by atoms with E-state index in [9.17, 15) is 14.4 Å². The number of amides is 3. The Kier molecular flexibility index (Phi) is 5.84. The molecular formula is C20H25N5O4. The van der Waals surface area contributed by atoms with Gasteiger partial charge in [-0.25, -0.2) is 5.43 Å². The summed E-state index contributed by atoms with van der Waals surface area (Å²) in [6.45, 7) is 1.80. The highest BCUT2D eigenvalue weighted by atomic mass is 16.5. The van der Waals surface area contributed by atoms with E-state index in [1.54, 1.807) is 17.3 Å². The molecule has 1 unspecified atom stereocenters. The van der Waals surface area contributed by atoms with Crippen LogP contribution in [0.5, 0.6) is 0 Å². The molecule has 1 N–H and O–H groups in total. The normalized spacial score (nSPS) is 22.8. The molecule has 3 amide bonds. The van der Waals surface area contributed by atoms with Crippen LogP contribution in [0.25, 0.3) is 0 Å². The lowest BCUT2D eigenvalue weighted by Crippen LogP contribution is -2.45. The number of nitrogens with zero attached hydrogens (tertiary/aromatic N) is 4. The van der Waals surface area contributed by atoms with Gasteiger partial charge in [0.15, 0.2) is 0 Å². The molecule has 9 heteroatoms. The van der Waals surface area contributed by atoms with Crippen LogP contribution in [-0.2, 0) is 25.7 Å². The zero-order valence-electron chi connectivity index (χ0n) is 16.2. The maximum Gasteiger partial charge on any atom is 0.270 e. The van der Waals surface area contributed by atoms with Gasteiger partial charge < -0.3 is 14.5 Å². The highest BCUT2D eigenvalue weighted by molar-refractivity contribution is 6.39. The van der Waals surface area contributed by atoms with Crippen molar-refractivity contribution in [3.8, 4) is 0 Å². The highest BCUT2D eigenvalue weighted by Gasteiger charge is 2.34. The number of pyridine rings is 1. The van der Waals surface area contributed by atoms with Crippen molar-refractivity contribution in [1.82, 2.24) is 20.2 Å². The molecule has 1 aromatic rings. The second-order valence-corrected chi connectivity index (χ2v) is 7.81. The molecule has 2 fully saturated rings. The van der Waals surface area contributed by atoms with Crippen molar-refractivity contribution in [3.63, 3.8) is 0 Å². The minimum atomic E-state index is -0.318. The summed E-state index contributed by atoms with van der Waals surface area (Å²) in [5.41, 5.74) is 3.56. The van der Waals surface area contributed by atoms with Crippen molar-refractivity contribution < 1.29 is 19.1 Å². The van der Waals surface area contributed by atoms with Crippen LogP contribution < -0.4 is 5.43 Å². The summed E-state index contributed by atoms with van der Waals surface area (Å²) in [6, 6.07) is 3.76. The van der Waals surface area contributed by atoms with Crippen molar-refractivity contribution in [2.24, 2.45) is 11.0 Å². The Hall–Kier alpha value is -2.81. The van der Waals surface area contributed by atoms with E-state index in [-0.39, 0.29) is 48.9 Å². The molecule has 3 aliphatic rings. The molecule has 1 aromatic heterocycles. The molecule has 3 heterocycles. The van der Waals surface area contributed by atoms with E-state index in [4.69, 9.17) is 4.74 Å². The number of aromatic nitrogens is 1. The standard InChI is InChI=1S/C20H25N5O4/c26-18-6-5-17(22-23-18)20(28)25-11-16(29-13-14-3-4-14)10-24(19(27)12-25)9-15-2-1-7-21-8-15/h1-2,7-8,14,16H,3-6,9-13H2,(H,23,26). The van der Waals surface area contributed by atoms with Crippen molar-refractivity contribution in [2.45, 2.75) is 38.3 Å². The fraction of sp³-hybridized carbons (Fsp3) is 0.550. The molecule has 0 radical (unpaired) electrons. The number of carbonyl (C=O) groups excluding carboxylic acids is 3. The molecule has 1 atom stereocenters. The number of hydrogen-bond donors (Lipinski definition) is 1. The second-order valence-electron chi connectivity index (χ2n) is 7.81. The van der Waals surface area contributed by atoms with E-state index < -0.39 is 0 Å². The Balaban J connectivity index is 1.48. The quantitative estimate of drug-likeness (QED) is 0.742. The van der Waals surface area contributed by atoms with Gasteiger partial charge in [-0.1, -0.05) is 6.07 Å². The van der Waals surface area contributed by atoms with Crippen molar-refractivity contribution in [1.29, 1.82) is 0 Å². The fourth-order valence-corrected chi connectivity index (χ4v) is 3.47. The van der Waals surface area contributed by atoms with Crippen molar-refractivity contribution in [3.05, 3.63) is 30.1 Å². The van der Waals surface area contributed by atoms with E-state index >= 15 is 0 Å². The number of carbonyl (C=O) groups is 3. The molecule has 9 nitrogen and oxygen atoms in total. The minimum absolute atomic E-state index is 0.0324. The molecule has 0 bridgehead atoms. The minimum Gasteiger partial charge on any atom is -0.374 e. The predicted octanol–water partition coefficient (Wildman–Crippen LogP) is 0.314. The van der Waals surface area contributed by atoms with Gasteiger partial charge in [0.25, 0.3) is 5.91 Å². The Labute approximate surface area is 169 Å². The molecular weight excluding hydrogens is 374 g/mol. The number of hydrogen-bond acceptors (Lipinski definition) is 6. The first-order valence-corrected chi connectivity index (χ1v) is 10.0. The third-order valence-corrected chi connectivity index (χ3v) is 5.33. The monoisotopic (exact) mass is 399 g/mol. The number of ether oxygens (including phenoxy) is 1. The predicted molar refractivity (Wildman–Crippen MR) is 104 cm³/mol. The van der Waals surface area contributed by atoms with Gasteiger partial charge in [0, 0.05) is 51.5 Å². The van der Waals surface area contributed by atoms with Crippen molar-refractivity contribution >= 4 is 23.4 Å². The average Bonchev–Trinajstić information content (AvgIpc) is 3.56.